The van der Waals surface area contributed by atoms with Crippen LogP contribution >= 0.6 is 0 Å². The third-order valence-electron chi connectivity index (χ3n) is 3.54. The Hall–Kier alpha value is -1.83. The molecule has 2 unspecified atom stereocenters. The maximum Gasteiger partial charge on any atom is 0.426 e. The molecule has 0 N–H and O–H groups in total. The lowest BCUT2D eigenvalue weighted by molar-refractivity contribution is -0.385. The number of likely N-dealkylation sites (N-methyl/N-ethyl adjacent to an activating group) is 1. The van der Waals surface area contributed by atoms with Crippen LogP contribution in [0.15, 0.2) is 24.3 Å². The molecule has 116 valence electrons. The van der Waals surface area contributed by atoms with Crippen LogP contribution in [0.4, 0.5) is 18.9 Å². The highest BCUT2D eigenvalue weighted by atomic mass is 19.4. The third-order valence-corrected chi connectivity index (χ3v) is 3.54. The minimum Gasteiger partial charge on any atom is -0.479 e. The fourth-order valence-corrected chi connectivity index (χ4v) is 2.50. The van der Waals surface area contributed by atoms with Gasteiger partial charge in [0.05, 0.1) is 17.0 Å². The van der Waals surface area contributed by atoms with E-state index < -0.39 is 23.2 Å². The van der Waals surface area contributed by atoms with Gasteiger partial charge in [-0.3, -0.25) is 15.0 Å². The first-order chi connectivity index (χ1) is 9.79. The van der Waals surface area contributed by atoms with Gasteiger partial charge in [-0.2, -0.15) is 13.2 Å². The molecule has 2 rings (SSSR count). The summed E-state index contributed by atoms with van der Waals surface area (Å²) in [5.74, 6) is -0.146. The van der Waals surface area contributed by atoms with Gasteiger partial charge >= 0.3 is 6.18 Å². The predicted octanol–water partition coefficient (Wildman–Crippen LogP) is 3.00. The van der Waals surface area contributed by atoms with Crippen LogP contribution in [0.5, 0.6) is 5.75 Å². The number of non-ortho nitro benzene ring substituents is 1. The number of nitro groups is 1. The standard InChI is InChI=1S/C13H15F3N2O3/c1-17-7-3-6-11(17)12(13(14,15)16)21-10-5-2-4-9(8-10)18(19)20/h2,4-5,8,11-12H,3,6-7H2,1H3. The van der Waals surface area contributed by atoms with Crippen molar-refractivity contribution < 1.29 is 22.8 Å². The van der Waals surface area contributed by atoms with Gasteiger partial charge in [0, 0.05) is 6.07 Å². The molecule has 0 radical (unpaired) electrons. The summed E-state index contributed by atoms with van der Waals surface area (Å²) in [4.78, 5) is 11.6. The van der Waals surface area contributed by atoms with Gasteiger partial charge < -0.3 is 4.74 Å². The van der Waals surface area contributed by atoms with Gasteiger partial charge in [0.1, 0.15) is 5.75 Å². The Balaban J connectivity index is 2.23. The van der Waals surface area contributed by atoms with E-state index in [1.54, 1.807) is 11.9 Å². The number of nitrogens with zero attached hydrogens (tertiary/aromatic N) is 2. The molecule has 1 aliphatic heterocycles. The smallest absolute Gasteiger partial charge is 0.426 e. The summed E-state index contributed by atoms with van der Waals surface area (Å²) < 4.78 is 44.7. The summed E-state index contributed by atoms with van der Waals surface area (Å²) in [7, 11) is 1.62. The lowest BCUT2D eigenvalue weighted by Crippen LogP contribution is -2.49. The average Bonchev–Trinajstić information content (AvgIpc) is 2.81. The minimum atomic E-state index is -4.53. The van der Waals surface area contributed by atoms with Crippen LogP contribution in [-0.4, -0.2) is 41.7 Å². The normalized spacial score (nSPS) is 21.2. The highest BCUT2D eigenvalue weighted by molar-refractivity contribution is 5.38. The van der Waals surface area contributed by atoms with E-state index in [0.717, 1.165) is 6.07 Å². The van der Waals surface area contributed by atoms with Crippen molar-refractivity contribution in [3.05, 3.63) is 34.4 Å². The molecule has 8 heteroatoms. The number of rotatable bonds is 4. The van der Waals surface area contributed by atoms with Gasteiger partial charge in [0.15, 0.2) is 0 Å². The fourth-order valence-electron chi connectivity index (χ4n) is 2.50. The quantitative estimate of drug-likeness (QED) is 0.634. The summed E-state index contributed by atoms with van der Waals surface area (Å²) >= 11 is 0. The SMILES string of the molecule is CN1CCCC1C(Oc1cccc([N+](=O)[O-])c1)C(F)(F)F. The van der Waals surface area contributed by atoms with E-state index in [1.165, 1.54) is 18.2 Å². The summed E-state index contributed by atoms with van der Waals surface area (Å²) in [5.41, 5.74) is -0.298. The number of nitro benzene ring substituents is 1. The molecule has 1 aliphatic rings. The highest BCUT2D eigenvalue weighted by Gasteiger charge is 2.49. The molecule has 2 atom stereocenters. The Kier molecular flexibility index (Phi) is 4.36. The first kappa shape index (κ1) is 15.6. The fraction of sp³-hybridized carbons (Fsp3) is 0.538. The summed E-state index contributed by atoms with van der Waals surface area (Å²) in [6, 6.07) is 4.04. The molecule has 0 saturated carbocycles. The first-order valence-corrected chi connectivity index (χ1v) is 6.47. The second kappa shape index (κ2) is 5.88. The van der Waals surface area contributed by atoms with Crippen molar-refractivity contribution in [3.63, 3.8) is 0 Å². The number of alkyl halides is 3. The molecule has 1 aromatic rings. The molecule has 1 fully saturated rings. The zero-order valence-corrected chi connectivity index (χ0v) is 11.3. The largest absolute Gasteiger partial charge is 0.479 e. The Morgan fingerprint density at radius 2 is 2.19 bits per heavy atom. The summed E-state index contributed by atoms with van der Waals surface area (Å²) in [6.45, 7) is 0.579. The molecule has 1 aromatic carbocycles. The molecular formula is C13H15F3N2O3. The van der Waals surface area contributed by atoms with Crippen LogP contribution in [0, 0.1) is 10.1 Å². The lowest BCUT2D eigenvalue weighted by Gasteiger charge is -2.30. The van der Waals surface area contributed by atoms with Crippen molar-refractivity contribution in [2.75, 3.05) is 13.6 Å². The molecule has 0 spiro atoms. The maximum atomic E-state index is 13.2. The molecule has 21 heavy (non-hydrogen) atoms. The zero-order chi connectivity index (χ0) is 15.6. The topological polar surface area (TPSA) is 55.6 Å². The van der Waals surface area contributed by atoms with Crippen molar-refractivity contribution in [2.45, 2.75) is 31.2 Å². The van der Waals surface area contributed by atoms with E-state index >= 15 is 0 Å². The van der Waals surface area contributed by atoms with Crippen LogP contribution < -0.4 is 4.74 Å². The van der Waals surface area contributed by atoms with Crippen molar-refractivity contribution in [1.29, 1.82) is 0 Å². The lowest BCUT2D eigenvalue weighted by atomic mass is 10.1. The first-order valence-electron chi connectivity index (χ1n) is 6.47. The van der Waals surface area contributed by atoms with E-state index in [9.17, 15) is 23.3 Å². The van der Waals surface area contributed by atoms with Crippen molar-refractivity contribution in [1.82, 2.24) is 4.90 Å². The number of benzene rings is 1. The van der Waals surface area contributed by atoms with Crippen molar-refractivity contribution >= 4 is 5.69 Å². The molecular weight excluding hydrogens is 289 g/mol. The second-order valence-electron chi connectivity index (χ2n) is 5.02. The summed E-state index contributed by atoms with van der Waals surface area (Å²) in [6.07, 6.45) is -5.47. The van der Waals surface area contributed by atoms with Gasteiger partial charge in [-0.15, -0.1) is 0 Å². The Labute approximate surface area is 119 Å². The van der Waals surface area contributed by atoms with Gasteiger partial charge in [0.25, 0.3) is 5.69 Å². The average molecular weight is 304 g/mol. The number of hydrogen-bond donors (Lipinski definition) is 0. The number of ether oxygens (including phenoxy) is 1. The van der Waals surface area contributed by atoms with E-state index in [1.807, 2.05) is 0 Å². The molecule has 1 saturated heterocycles. The second-order valence-corrected chi connectivity index (χ2v) is 5.02. The van der Waals surface area contributed by atoms with Gasteiger partial charge in [-0.25, -0.2) is 0 Å². The number of likely N-dealkylation sites (tertiary alicyclic amines) is 1. The Bertz CT molecular complexity index is 522. The van der Waals surface area contributed by atoms with Gasteiger partial charge in [-0.1, -0.05) is 6.07 Å². The van der Waals surface area contributed by atoms with Crippen LogP contribution in [0.3, 0.4) is 0 Å². The molecule has 0 aliphatic carbocycles. The Morgan fingerprint density at radius 3 is 2.71 bits per heavy atom. The zero-order valence-electron chi connectivity index (χ0n) is 11.3. The Morgan fingerprint density at radius 1 is 1.48 bits per heavy atom. The maximum absolute atomic E-state index is 13.2. The molecule has 0 aromatic heterocycles. The van der Waals surface area contributed by atoms with Crippen molar-refractivity contribution in [3.8, 4) is 5.75 Å². The molecule has 0 bridgehead atoms. The van der Waals surface area contributed by atoms with E-state index in [0.29, 0.717) is 19.4 Å². The van der Waals surface area contributed by atoms with Crippen LogP contribution in [0.25, 0.3) is 0 Å². The third kappa shape index (κ3) is 3.63. The van der Waals surface area contributed by atoms with E-state index in [4.69, 9.17) is 4.74 Å². The van der Waals surface area contributed by atoms with Crippen LogP contribution in [0.1, 0.15) is 12.8 Å². The number of halogens is 3. The number of hydrogen-bond acceptors (Lipinski definition) is 4. The van der Waals surface area contributed by atoms with E-state index in [2.05, 4.69) is 0 Å². The van der Waals surface area contributed by atoms with Crippen molar-refractivity contribution in [2.24, 2.45) is 0 Å². The summed E-state index contributed by atoms with van der Waals surface area (Å²) in [5, 5.41) is 10.7. The molecule has 1 heterocycles. The highest BCUT2D eigenvalue weighted by Crippen LogP contribution is 2.33. The minimum absolute atomic E-state index is 0.146. The van der Waals surface area contributed by atoms with Crippen LogP contribution in [-0.2, 0) is 0 Å². The van der Waals surface area contributed by atoms with Gasteiger partial charge in [0.2, 0.25) is 6.10 Å². The predicted molar refractivity (Wildman–Crippen MR) is 69.2 cm³/mol. The monoisotopic (exact) mass is 304 g/mol. The van der Waals surface area contributed by atoms with Gasteiger partial charge in [-0.05, 0) is 32.5 Å². The van der Waals surface area contributed by atoms with E-state index in [-0.39, 0.29) is 11.4 Å². The molecule has 5 nitrogen and oxygen atoms in total. The van der Waals surface area contributed by atoms with Crippen LogP contribution in [0.2, 0.25) is 0 Å². The molecule has 0 amide bonds.